The lowest BCUT2D eigenvalue weighted by Crippen LogP contribution is -2.02. The predicted octanol–water partition coefficient (Wildman–Crippen LogP) is 3.72. The minimum absolute atomic E-state index is 0.306. The Kier molecular flexibility index (Phi) is 5.47. The van der Waals surface area contributed by atoms with E-state index in [-0.39, 0.29) is 0 Å². The summed E-state index contributed by atoms with van der Waals surface area (Å²) in [5.41, 5.74) is 1.84. The fourth-order valence-corrected chi connectivity index (χ4v) is 2.00. The second kappa shape index (κ2) is 7.33. The number of hydrogen-bond acceptors (Lipinski definition) is 5. The first-order valence-electron chi connectivity index (χ1n) is 6.88. The summed E-state index contributed by atoms with van der Waals surface area (Å²) >= 11 is 5.99. The maximum atomic E-state index is 5.99. The van der Waals surface area contributed by atoms with Crippen LogP contribution in [0.5, 0.6) is 11.6 Å². The lowest BCUT2D eigenvalue weighted by Gasteiger charge is -2.10. The van der Waals surface area contributed by atoms with Gasteiger partial charge in [0, 0.05) is 18.4 Å². The molecular formula is C15H18ClN3O2. The standard InChI is InChI=1S/C15H18ClN3O2/c1-4-11-12(7-6-10(3)17-11)21-15-8-13(16)18-14(19-15)9-20-5-2/h6-8H,4-5,9H2,1-3H3. The number of rotatable bonds is 6. The molecule has 0 aliphatic heterocycles. The summed E-state index contributed by atoms with van der Waals surface area (Å²) in [5, 5.41) is 0.327. The number of ether oxygens (including phenoxy) is 2. The zero-order chi connectivity index (χ0) is 15.2. The Labute approximate surface area is 129 Å². The van der Waals surface area contributed by atoms with Gasteiger partial charge in [-0.3, -0.25) is 4.98 Å². The van der Waals surface area contributed by atoms with Crippen LogP contribution in [0.1, 0.15) is 31.1 Å². The number of hydrogen-bond donors (Lipinski definition) is 0. The molecular weight excluding hydrogens is 290 g/mol. The van der Waals surface area contributed by atoms with E-state index in [0.717, 1.165) is 17.8 Å². The van der Waals surface area contributed by atoms with Crippen molar-refractivity contribution < 1.29 is 9.47 Å². The molecule has 0 saturated carbocycles. The van der Waals surface area contributed by atoms with E-state index in [0.29, 0.717) is 35.8 Å². The van der Waals surface area contributed by atoms with Gasteiger partial charge in [-0.25, -0.2) is 4.98 Å². The zero-order valence-corrected chi connectivity index (χ0v) is 13.1. The summed E-state index contributed by atoms with van der Waals surface area (Å²) in [6.07, 6.45) is 0.779. The van der Waals surface area contributed by atoms with Gasteiger partial charge in [0.2, 0.25) is 5.88 Å². The van der Waals surface area contributed by atoms with Crippen molar-refractivity contribution in [1.82, 2.24) is 15.0 Å². The molecule has 21 heavy (non-hydrogen) atoms. The molecule has 0 amide bonds. The van der Waals surface area contributed by atoms with Crippen LogP contribution in [-0.4, -0.2) is 21.6 Å². The maximum Gasteiger partial charge on any atom is 0.224 e. The Hall–Kier alpha value is -1.72. The highest BCUT2D eigenvalue weighted by Gasteiger charge is 2.09. The second-order valence-corrected chi connectivity index (χ2v) is 4.82. The average Bonchev–Trinajstić information content (AvgIpc) is 2.46. The third kappa shape index (κ3) is 4.37. The molecule has 0 fully saturated rings. The molecule has 0 saturated heterocycles. The van der Waals surface area contributed by atoms with Crippen molar-refractivity contribution in [2.45, 2.75) is 33.8 Å². The van der Waals surface area contributed by atoms with Crippen molar-refractivity contribution >= 4 is 11.6 Å². The van der Waals surface area contributed by atoms with Gasteiger partial charge in [0.1, 0.15) is 11.8 Å². The molecule has 0 bridgehead atoms. The molecule has 0 radical (unpaired) electrons. The van der Waals surface area contributed by atoms with Gasteiger partial charge in [-0.2, -0.15) is 4.98 Å². The highest BCUT2D eigenvalue weighted by atomic mass is 35.5. The van der Waals surface area contributed by atoms with E-state index in [1.807, 2.05) is 32.9 Å². The Morgan fingerprint density at radius 1 is 1.14 bits per heavy atom. The molecule has 2 aromatic rings. The van der Waals surface area contributed by atoms with Gasteiger partial charge in [-0.05, 0) is 32.4 Å². The van der Waals surface area contributed by atoms with Gasteiger partial charge in [0.15, 0.2) is 11.6 Å². The zero-order valence-electron chi connectivity index (χ0n) is 12.4. The normalized spacial score (nSPS) is 10.7. The number of nitrogens with zero attached hydrogens (tertiary/aromatic N) is 3. The molecule has 2 rings (SSSR count). The van der Waals surface area contributed by atoms with Crippen molar-refractivity contribution in [3.63, 3.8) is 0 Å². The van der Waals surface area contributed by atoms with E-state index < -0.39 is 0 Å². The van der Waals surface area contributed by atoms with Crippen LogP contribution in [0.3, 0.4) is 0 Å². The van der Waals surface area contributed by atoms with Gasteiger partial charge in [-0.1, -0.05) is 18.5 Å². The molecule has 112 valence electrons. The number of aromatic nitrogens is 3. The molecule has 0 aliphatic rings. The van der Waals surface area contributed by atoms with Gasteiger partial charge in [-0.15, -0.1) is 0 Å². The van der Waals surface area contributed by atoms with Gasteiger partial charge < -0.3 is 9.47 Å². The first-order valence-corrected chi connectivity index (χ1v) is 7.25. The van der Waals surface area contributed by atoms with Crippen molar-refractivity contribution in [2.24, 2.45) is 0 Å². The van der Waals surface area contributed by atoms with E-state index in [9.17, 15) is 0 Å². The predicted molar refractivity (Wildman–Crippen MR) is 80.8 cm³/mol. The van der Waals surface area contributed by atoms with Crippen LogP contribution in [0.4, 0.5) is 0 Å². The summed E-state index contributed by atoms with van der Waals surface area (Å²) in [6.45, 7) is 6.79. The van der Waals surface area contributed by atoms with Crippen LogP contribution in [0.25, 0.3) is 0 Å². The van der Waals surface area contributed by atoms with Gasteiger partial charge >= 0.3 is 0 Å². The van der Waals surface area contributed by atoms with E-state index in [4.69, 9.17) is 21.1 Å². The fraction of sp³-hybridized carbons (Fsp3) is 0.400. The van der Waals surface area contributed by atoms with E-state index in [2.05, 4.69) is 15.0 Å². The van der Waals surface area contributed by atoms with E-state index >= 15 is 0 Å². The average molecular weight is 308 g/mol. The molecule has 5 nitrogen and oxygen atoms in total. The molecule has 2 heterocycles. The van der Waals surface area contributed by atoms with E-state index in [1.165, 1.54) is 0 Å². The van der Waals surface area contributed by atoms with Crippen LogP contribution >= 0.6 is 11.6 Å². The summed E-state index contributed by atoms with van der Waals surface area (Å²) in [4.78, 5) is 12.9. The van der Waals surface area contributed by atoms with Crippen LogP contribution in [0.2, 0.25) is 5.15 Å². The van der Waals surface area contributed by atoms with Crippen molar-refractivity contribution in [1.29, 1.82) is 0 Å². The van der Waals surface area contributed by atoms with Crippen LogP contribution in [0.15, 0.2) is 18.2 Å². The lowest BCUT2D eigenvalue weighted by molar-refractivity contribution is 0.128. The largest absolute Gasteiger partial charge is 0.437 e. The Morgan fingerprint density at radius 2 is 1.95 bits per heavy atom. The highest BCUT2D eigenvalue weighted by molar-refractivity contribution is 6.29. The molecule has 6 heteroatoms. The van der Waals surface area contributed by atoms with Gasteiger partial charge in [0.25, 0.3) is 0 Å². The van der Waals surface area contributed by atoms with Crippen LogP contribution in [0, 0.1) is 6.92 Å². The summed E-state index contributed by atoms with van der Waals surface area (Å²) in [7, 11) is 0. The molecule has 0 spiro atoms. The lowest BCUT2D eigenvalue weighted by atomic mass is 10.2. The Morgan fingerprint density at radius 3 is 2.67 bits per heavy atom. The fourth-order valence-electron chi connectivity index (χ4n) is 1.81. The second-order valence-electron chi connectivity index (χ2n) is 4.44. The van der Waals surface area contributed by atoms with Crippen molar-refractivity contribution in [3.05, 3.63) is 40.6 Å². The van der Waals surface area contributed by atoms with E-state index in [1.54, 1.807) is 6.07 Å². The van der Waals surface area contributed by atoms with Crippen molar-refractivity contribution in [3.8, 4) is 11.6 Å². The molecule has 2 aromatic heterocycles. The third-order valence-corrected chi connectivity index (χ3v) is 2.97. The van der Waals surface area contributed by atoms with Crippen LogP contribution < -0.4 is 4.74 Å². The smallest absolute Gasteiger partial charge is 0.224 e. The molecule has 0 unspecified atom stereocenters. The maximum absolute atomic E-state index is 5.99. The Balaban J connectivity index is 2.24. The minimum atomic E-state index is 0.306. The highest BCUT2D eigenvalue weighted by Crippen LogP contribution is 2.25. The third-order valence-electron chi connectivity index (χ3n) is 2.77. The SMILES string of the molecule is CCOCc1nc(Cl)cc(Oc2ccc(C)nc2CC)n1. The quantitative estimate of drug-likeness (QED) is 0.761. The summed E-state index contributed by atoms with van der Waals surface area (Å²) < 4.78 is 11.1. The molecule has 0 N–H and O–H groups in total. The first-order chi connectivity index (χ1) is 10.1. The first kappa shape index (κ1) is 15.7. The van der Waals surface area contributed by atoms with Crippen LogP contribution in [-0.2, 0) is 17.8 Å². The number of halogens is 1. The minimum Gasteiger partial charge on any atom is -0.437 e. The molecule has 0 aromatic carbocycles. The molecule has 0 atom stereocenters. The van der Waals surface area contributed by atoms with Crippen molar-refractivity contribution in [2.75, 3.05) is 6.61 Å². The summed E-state index contributed by atoms with van der Waals surface area (Å²) in [5.74, 6) is 1.57. The summed E-state index contributed by atoms with van der Waals surface area (Å²) in [6, 6.07) is 5.37. The van der Waals surface area contributed by atoms with Gasteiger partial charge in [0.05, 0.1) is 5.69 Å². The molecule has 0 aliphatic carbocycles. The number of pyridine rings is 1. The monoisotopic (exact) mass is 307 g/mol. The topological polar surface area (TPSA) is 57.1 Å². The Bertz CT molecular complexity index is 620. The number of aryl methyl sites for hydroxylation is 2.